The van der Waals surface area contributed by atoms with Crippen LogP contribution in [0.15, 0.2) is 15.5 Å². The molecule has 2 N–H and O–H groups in total. The molecule has 0 aliphatic carbocycles. The molecule has 0 aromatic carbocycles. The molecule has 0 amide bonds. The number of likely N-dealkylation sites (N-methyl/N-ethyl adjacent to an activating group) is 1. The third kappa shape index (κ3) is 1.64. The summed E-state index contributed by atoms with van der Waals surface area (Å²) in [5.41, 5.74) is 5.69. The Morgan fingerprint density at radius 1 is 1.79 bits per heavy atom. The molecule has 0 bridgehead atoms. The van der Waals surface area contributed by atoms with Crippen molar-refractivity contribution < 1.29 is 0 Å². The molecule has 14 heavy (non-hydrogen) atoms. The van der Waals surface area contributed by atoms with E-state index in [4.69, 9.17) is 17.3 Å². The second-order valence-electron chi connectivity index (χ2n) is 3.10. The minimum absolute atomic E-state index is 0.240. The van der Waals surface area contributed by atoms with Gasteiger partial charge in [-0.1, -0.05) is 11.6 Å². The zero-order chi connectivity index (χ0) is 10.3. The van der Waals surface area contributed by atoms with Gasteiger partial charge in [-0.15, -0.1) is 11.3 Å². The molecule has 2 rings (SSSR count). The smallest absolute Gasteiger partial charge is 0.191 e. The van der Waals surface area contributed by atoms with Crippen LogP contribution >= 0.6 is 38.9 Å². The lowest BCUT2D eigenvalue weighted by molar-refractivity contribution is 0.420. The van der Waals surface area contributed by atoms with Gasteiger partial charge in [-0.2, -0.15) is 0 Å². The van der Waals surface area contributed by atoms with Crippen molar-refractivity contribution in [2.45, 2.75) is 6.04 Å². The molecule has 1 aromatic rings. The summed E-state index contributed by atoms with van der Waals surface area (Å²) in [6.45, 7) is 0.714. The zero-order valence-electron chi connectivity index (χ0n) is 7.50. The summed E-state index contributed by atoms with van der Waals surface area (Å²) >= 11 is 10.9. The van der Waals surface area contributed by atoms with Gasteiger partial charge in [0.1, 0.15) is 4.34 Å². The Morgan fingerprint density at radius 3 is 2.93 bits per heavy atom. The van der Waals surface area contributed by atoms with E-state index < -0.39 is 0 Å². The van der Waals surface area contributed by atoms with E-state index in [0.717, 1.165) is 8.81 Å². The molecule has 3 nitrogen and oxygen atoms in total. The van der Waals surface area contributed by atoms with Crippen molar-refractivity contribution in [1.29, 1.82) is 0 Å². The maximum atomic E-state index is 5.98. The van der Waals surface area contributed by atoms with Crippen LogP contribution in [0.5, 0.6) is 0 Å². The predicted octanol–water partition coefficient (Wildman–Crippen LogP) is 2.47. The zero-order valence-corrected chi connectivity index (χ0v) is 10.7. The van der Waals surface area contributed by atoms with Crippen LogP contribution in [0.2, 0.25) is 4.34 Å². The van der Waals surface area contributed by atoms with Crippen LogP contribution in [0, 0.1) is 0 Å². The fourth-order valence-electron chi connectivity index (χ4n) is 1.38. The van der Waals surface area contributed by atoms with Crippen LogP contribution in [0.25, 0.3) is 0 Å². The SMILES string of the molecule is CN1C(N)=NCC1c1cc(Br)c(Cl)s1. The molecule has 0 spiro atoms. The summed E-state index contributed by atoms with van der Waals surface area (Å²) in [7, 11) is 1.94. The number of nitrogens with two attached hydrogens (primary N) is 1. The maximum absolute atomic E-state index is 5.98. The molecule has 0 radical (unpaired) electrons. The normalized spacial score (nSPS) is 21.5. The fourth-order valence-corrected chi connectivity index (χ4v) is 3.25. The van der Waals surface area contributed by atoms with Crippen LogP contribution in [0.4, 0.5) is 0 Å². The molecule has 1 unspecified atom stereocenters. The standard InChI is InChI=1S/C8H9BrClN3S/c1-13-5(3-12-8(13)11)6-2-4(9)7(10)14-6/h2,5H,3H2,1H3,(H2,11,12). The largest absolute Gasteiger partial charge is 0.370 e. The molecule has 0 saturated carbocycles. The first-order chi connectivity index (χ1) is 6.59. The molecule has 1 aliphatic heterocycles. The van der Waals surface area contributed by atoms with E-state index in [-0.39, 0.29) is 6.04 Å². The Kier molecular flexibility index (Phi) is 2.72. The van der Waals surface area contributed by atoms with E-state index in [9.17, 15) is 0 Å². The summed E-state index contributed by atoms with van der Waals surface area (Å²) < 4.78 is 1.72. The van der Waals surface area contributed by atoms with Gasteiger partial charge < -0.3 is 10.6 Å². The molecule has 1 aliphatic rings. The van der Waals surface area contributed by atoms with E-state index in [1.165, 1.54) is 4.88 Å². The van der Waals surface area contributed by atoms with Crippen molar-refractivity contribution in [2.24, 2.45) is 10.7 Å². The van der Waals surface area contributed by atoms with Gasteiger partial charge in [0.15, 0.2) is 5.96 Å². The van der Waals surface area contributed by atoms with Gasteiger partial charge in [0.05, 0.1) is 12.6 Å². The van der Waals surface area contributed by atoms with Gasteiger partial charge in [0.2, 0.25) is 0 Å². The number of hydrogen-bond acceptors (Lipinski definition) is 4. The van der Waals surface area contributed by atoms with Crippen molar-refractivity contribution in [3.8, 4) is 0 Å². The molecule has 1 atom stereocenters. The quantitative estimate of drug-likeness (QED) is 0.864. The van der Waals surface area contributed by atoms with E-state index in [1.54, 1.807) is 11.3 Å². The highest BCUT2D eigenvalue weighted by Gasteiger charge is 2.26. The van der Waals surface area contributed by atoms with Crippen molar-refractivity contribution in [1.82, 2.24) is 4.90 Å². The minimum Gasteiger partial charge on any atom is -0.370 e. The van der Waals surface area contributed by atoms with E-state index in [1.807, 2.05) is 18.0 Å². The molecule has 1 aromatic heterocycles. The topological polar surface area (TPSA) is 41.6 Å². The highest BCUT2D eigenvalue weighted by molar-refractivity contribution is 9.10. The average molecular weight is 295 g/mol. The van der Waals surface area contributed by atoms with E-state index in [2.05, 4.69) is 20.9 Å². The van der Waals surface area contributed by atoms with Crippen molar-refractivity contribution in [2.75, 3.05) is 13.6 Å². The number of nitrogens with zero attached hydrogens (tertiary/aromatic N) is 2. The van der Waals surface area contributed by atoms with E-state index >= 15 is 0 Å². The summed E-state index contributed by atoms with van der Waals surface area (Å²) in [6.07, 6.45) is 0. The van der Waals surface area contributed by atoms with Gasteiger partial charge in [-0.25, -0.2) is 0 Å². The Balaban J connectivity index is 2.25. The van der Waals surface area contributed by atoms with Crippen molar-refractivity contribution in [3.63, 3.8) is 0 Å². The Bertz CT molecular complexity index is 370. The Hall–Kier alpha value is -0.260. The average Bonchev–Trinajstić information content (AvgIpc) is 2.61. The van der Waals surface area contributed by atoms with Crippen LogP contribution in [-0.2, 0) is 0 Å². The van der Waals surface area contributed by atoms with Gasteiger partial charge in [-0.3, -0.25) is 4.99 Å². The monoisotopic (exact) mass is 293 g/mol. The first-order valence-electron chi connectivity index (χ1n) is 4.07. The molecule has 0 fully saturated rings. The summed E-state index contributed by atoms with van der Waals surface area (Å²) in [4.78, 5) is 7.34. The predicted molar refractivity (Wildman–Crippen MR) is 64.0 cm³/mol. The summed E-state index contributed by atoms with van der Waals surface area (Å²) in [5, 5.41) is 0. The maximum Gasteiger partial charge on any atom is 0.191 e. The second kappa shape index (κ2) is 3.72. The lowest BCUT2D eigenvalue weighted by Gasteiger charge is -2.19. The number of thiophene rings is 1. The summed E-state index contributed by atoms with van der Waals surface area (Å²) in [5.74, 6) is 0.593. The molecule has 2 heterocycles. The van der Waals surface area contributed by atoms with Gasteiger partial charge in [0, 0.05) is 16.4 Å². The van der Waals surface area contributed by atoms with E-state index in [0.29, 0.717) is 12.5 Å². The third-order valence-electron chi connectivity index (χ3n) is 2.25. The number of guanidine groups is 1. The molecular formula is C8H9BrClN3S. The molecular weight excluding hydrogens is 286 g/mol. The van der Waals surface area contributed by atoms with Crippen molar-refractivity contribution in [3.05, 3.63) is 19.8 Å². The lowest BCUT2D eigenvalue weighted by Crippen LogP contribution is -2.31. The first kappa shape index (κ1) is 10.3. The lowest BCUT2D eigenvalue weighted by atomic mass is 10.2. The second-order valence-corrected chi connectivity index (χ2v) is 5.64. The highest BCUT2D eigenvalue weighted by Crippen LogP contribution is 2.37. The molecule has 76 valence electrons. The van der Waals surface area contributed by atoms with Gasteiger partial charge >= 0.3 is 0 Å². The highest BCUT2D eigenvalue weighted by atomic mass is 79.9. The first-order valence-corrected chi connectivity index (χ1v) is 6.06. The van der Waals surface area contributed by atoms with Crippen LogP contribution in [0.3, 0.4) is 0 Å². The number of halogens is 2. The number of aliphatic imine (C=N–C) groups is 1. The van der Waals surface area contributed by atoms with Crippen LogP contribution < -0.4 is 5.73 Å². The van der Waals surface area contributed by atoms with Crippen LogP contribution in [-0.4, -0.2) is 24.5 Å². The molecule has 6 heteroatoms. The summed E-state index contributed by atoms with van der Waals surface area (Å²) in [6, 6.07) is 2.27. The minimum atomic E-state index is 0.240. The van der Waals surface area contributed by atoms with Gasteiger partial charge in [0.25, 0.3) is 0 Å². The Labute approximate surface area is 99.7 Å². The van der Waals surface area contributed by atoms with Crippen molar-refractivity contribution >= 4 is 44.8 Å². The van der Waals surface area contributed by atoms with Gasteiger partial charge in [-0.05, 0) is 22.0 Å². The fraction of sp³-hybridized carbons (Fsp3) is 0.375. The Morgan fingerprint density at radius 2 is 2.50 bits per heavy atom. The number of hydrogen-bond donors (Lipinski definition) is 1. The molecule has 0 saturated heterocycles. The number of rotatable bonds is 1. The third-order valence-corrected chi connectivity index (χ3v) is 4.82. The van der Waals surface area contributed by atoms with Crippen LogP contribution in [0.1, 0.15) is 10.9 Å².